The standard InChI is InChI=1S/C9H11FN4O/c10-14-5-1-2-7(14)9(15)13-8-6-11-3-4-12-8/h3-4,6-7H,1-2,5H2,(H,12,13,15). The Kier molecular flexibility index (Phi) is 2.86. The Balaban J connectivity index is 1.98. The smallest absolute Gasteiger partial charge is 0.245 e. The molecule has 1 amide bonds. The second-order valence-electron chi connectivity index (χ2n) is 3.36. The Morgan fingerprint density at radius 2 is 2.47 bits per heavy atom. The number of carbonyl (C=O) groups excluding carboxylic acids is 1. The van der Waals surface area contributed by atoms with E-state index in [0.717, 1.165) is 0 Å². The molecule has 1 aliphatic rings. The van der Waals surface area contributed by atoms with Gasteiger partial charge in [0.25, 0.3) is 0 Å². The zero-order valence-electron chi connectivity index (χ0n) is 8.06. The van der Waals surface area contributed by atoms with Crippen LogP contribution >= 0.6 is 0 Å². The van der Waals surface area contributed by atoms with Gasteiger partial charge in [0.1, 0.15) is 6.04 Å². The van der Waals surface area contributed by atoms with Gasteiger partial charge in [0.15, 0.2) is 5.82 Å². The fourth-order valence-electron chi connectivity index (χ4n) is 1.56. The molecule has 1 N–H and O–H groups in total. The van der Waals surface area contributed by atoms with Crippen molar-refractivity contribution in [3.8, 4) is 0 Å². The molecule has 1 aromatic rings. The van der Waals surface area contributed by atoms with Gasteiger partial charge in [0.05, 0.1) is 6.20 Å². The minimum Gasteiger partial charge on any atom is -0.308 e. The maximum absolute atomic E-state index is 13.1. The van der Waals surface area contributed by atoms with E-state index < -0.39 is 6.04 Å². The van der Waals surface area contributed by atoms with Crippen LogP contribution in [0.1, 0.15) is 12.8 Å². The summed E-state index contributed by atoms with van der Waals surface area (Å²) in [5.74, 6) is -0.0155. The van der Waals surface area contributed by atoms with Crippen LogP contribution in [0, 0.1) is 0 Å². The highest BCUT2D eigenvalue weighted by Crippen LogP contribution is 2.18. The predicted molar refractivity (Wildman–Crippen MR) is 51.5 cm³/mol. The minimum atomic E-state index is -0.688. The van der Waals surface area contributed by atoms with Gasteiger partial charge in [0, 0.05) is 18.9 Å². The molecule has 6 heteroatoms. The Morgan fingerprint density at radius 1 is 1.60 bits per heavy atom. The molecule has 1 fully saturated rings. The molecule has 1 aliphatic heterocycles. The summed E-state index contributed by atoms with van der Waals surface area (Å²) in [4.78, 5) is 19.2. The van der Waals surface area contributed by atoms with Crippen molar-refractivity contribution < 1.29 is 9.28 Å². The van der Waals surface area contributed by atoms with Gasteiger partial charge >= 0.3 is 0 Å². The van der Waals surface area contributed by atoms with Gasteiger partial charge in [-0.15, -0.1) is 9.60 Å². The monoisotopic (exact) mass is 210 g/mol. The molecule has 5 nitrogen and oxygen atoms in total. The van der Waals surface area contributed by atoms with Crippen LogP contribution in [-0.4, -0.2) is 33.6 Å². The van der Waals surface area contributed by atoms with E-state index >= 15 is 0 Å². The largest absolute Gasteiger partial charge is 0.308 e. The summed E-state index contributed by atoms with van der Waals surface area (Å²) in [6.45, 7) is 0.318. The van der Waals surface area contributed by atoms with E-state index in [2.05, 4.69) is 15.3 Å². The fraction of sp³-hybridized carbons (Fsp3) is 0.444. The number of amides is 1. The quantitative estimate of drug-likeness (QED) is 0.732. The average molecular weight is 210 g/mol. The summed E-state index contributed by atoms with van der Waals surface area (Å²) < 4.78 is 13.1. The van der Waals surface area contributed by atoms with Crippen LogP contribution in [0.25, 0.3) is 0 Å². The van der Waals surface area contributed by atoms with E-state index in [4.69, 9.17) is 0 Å². The van der Waals surface area contributed by atoms with Gasteiger partial charge in [-0.2, -0.15) is 0 Å². The lowest BCUT2D eigenvalue weighted by atomic mass is 10.2. The molecular formula is C9H11FN4O. The van der Waals surface area contributed by atoms with Crippen LogP contribution in [0.4, 0.5) is 10.3 Å². The molecule has 1 unspecified atom stereocenters. The van der Waals surface area contributed by atoms with Crippen LogP contribution in [0.2, 0.25) is 0 Å². The van der Waals surface area contributed by atoms with Gasteiger partial charge in [-0.1, -0.05) is 0 Å². The zero-order chi connectivity index (χ0) is 10.7. The molecule has 1 saturated heterocycles. The molecule has 0 spiro atoms. The Hall–Kier alpha value is -1.56. The van der Waals surface area contributed by atoms with Crippen molar-refractivity contribution in [3.05, 3.63) is 18.6 Å². The van der Waals surface area contributed by atoms with Crippen molar-refractivity contribution in [1.29, 1.82) is 0 Å². The van der Waals surface area contributed by atoms with E-state index in [9.17, 15) is 9.28 Å². The zero-order valence-corrected chi connectivity index (χ0v) is 8.06. The number of carbonyl (C=O) groups is 1. The molecule has 80 valence electrons. The first kappa shape index (κ1) is 9.97. The highest BCUT2D eigenvalue weighted by atomic mass is 19.2. The number of halogens is 1. The van der Waals surface area contributed by atoms with E-state index in [1.165, 1.54) is 18.6 Å². The Labute approximate surface area is 86.3 Å². The molecule has 1 atom stereocenters. The Morgan fingerprint density at radius 3 is 3.07 bits per heavy atom. The topological polar surface area (TPSA) is 58.1 Å². The van der Waals surface area contributed by atoms with Crippen molar-refractivity contribution >= 4 is 11.7 Å². The summed E-state index contributed by atoms with van der Waals surface area (Å²) >= 11 is 0. The normalized spacial score (nSPS) is 21.5. The highest BCUT2D eigenvalue weighted by Gasteiger charge is 2.31. The van der Waals surface area contributed by atoms with E-state index in [-0.39, 0.29) is 5.91 Å². The summed E-state index contributed by atoms with van der Waals surface area (Å²) in [6, 6.07) is -0.688. The molecule has 0 aromatic carbocycles. The highest BCUT2D eigenvalue weighted by molar-refractivity contribution is 5.93. The van der Waals surface area contributed by atoms with E-state index in [1.807, 2.05) is 0 Å². The molecule has 0 aliphatic carbocycles. The van der Waals surface area contributed by atoms with Gasteiger partial charge in [-0.05, 0) is 12.8 Å². The molecule has 1 aromatic heterocycles. The summed E-state index contributed by atoms with van der Waals surface area (Å²) in [6.07, 6.45) is 5.65. The third-order valence-electron chi connectivity index (χ3n) is 2.30. The summed E-state index contributed by atoms with van der Waals surface area (Å²) in [5, 5.41) is 3.08. The second-order valence-corrected chi connectivity index (χ2v) is 3.36. The molecule has 0 bridgehead atoms. The molecule has 2 heterocycles. The van der Waals surface area contributed by atoms with Crippen LogP contribution < -0.4 is 5.32 Å². The minimum absolute atomic E-state index is 0.318. The first-order chi connectivity index (χ1) is 7.27. The Bertz CT molecular complexity index is 345. The number of hydrogen-bond donors (Lipinski definition) is 1. The third kappa shape index (κ3) is 2.27. The molecule has 15 heavy (non-hydrogen) atoms. The maximum Gasteiger partial charge on any atom is 0.245 e. The first-order valence-electron chi connectivity index (χ1n) is 4.76. The van der Waals surface area contributed by atoms with Crippen LogP contribution in [0.5, 0.6) is 0 Å². The van der Waals surface area contributed by atoms with Crippen LogP contribution in [-0.2, 0) is 4.79 Å². The number of hydrogen-bond acceptors (Lipinski definition) is 4. The number of aromatic nitrogens is 2. The SMILES string of the molecule is O=C(Nc1cnccn1)C1CCCN1F. The second kappa shape index (κ2) is 4.31. The van der Waals surface area contributed by atoms with E-state index in [0.29, 0.717) is 30.3 Å². The lowest BCUT2D eigenvalue weighted by Crippen LogP contribution is -2.35. The lowest BCUT2D eigenvalue weighted by molar-refractivity contribution is -0.125. The van der Waals surface area contributed by atoms with Crippen LogP contribution in [0.3, 0.4) is 0 Å². The summed E-state index contributed by atoms with van der Waals surface area (Å²) in [7, 11) is 0. The van der Waals surface area contributed by atoms with Crippen molar-refractivity contribution in [2.24, 2.45) is 0 Å². The first-order valence-corrected chi connectivity index (χ1v) is 4.76. The van der Waals surface area contributed by atoms with Crippen molar-refractivity contribution in [3.63, 3.8) is 0 Å². The van der Waals surface area contributed by atoms with Crippen molar-refractivity contribution in [2.45, 2.75) is 18.9 Å². The maximum atomic E-state index is 13.1. The van der Waals surface area contributed by atoms with Gasteiger partial charge in [-0.3, -0.25) is 9.78 Å². The molecule has 0 radical (unpaired) electrons. The summed E-state index contributed by atoms with van der Waals surface area (Å²) in [5.41, 5.74) is 0. The average Bonchev–Trinajstić information content (AvgIpc) is 2.66. The van der Waals surface area contributed by atoms with Crippen molar-refractivity contribution in [2.75, 3.05) is 11.9 Å². The predicted octanol–water partition coefficient (Wildman–Crippen LogP) is 0.764. The van der Waals surface area contributed by atoms with Gasteiger partial charge in [0.2, 0.25) is 5.91 Å². The number of nitrogens with one attached hydrogen (secondary N) is 1. The third-order valence-corrected chi connectivity index (χ3v) is 2.30. The van der Waals surface area contributed by atoms with Gasteiger partial charge in [-0.25, -0.2) is 4.98 Å². The molecular weight excluding hydrogens is 199 g/mol. The van der Waals surface area contributed by atoms with Crippen LogP contribution in [0.15, 0.2) is 18.6 Å². The van der Waals surface area contributed by atoms with E-state index in [1.54, 1.807) is 0 Å². The number of anilines is 1. The molecule has 2 rings (SSSR count). The molecule has 0 saturated carbocycles. The number of nitrogens with zero attached hydrogens (tertiary/aromatic N) is 3. The lowest BCUT2D eigenvalue weighted by Gasteiger charge is -2.13. The number of rotatable bonds is 2. The fourth-order valence-corrected chi connectivity index (χ4v) is 1.56. The van der Waals surface area contributed by atoms with Gasteiger partial charge < -0.3 is 5.32 Å². The van der Waals surface area contributed by atoms with Crippen molar-refractivity contribution in [1.82, 2.24) is 15.1 Å².